The highest BCUT2D eigenvalue weighted by Crippen LogP contribution is 2.28. The Labute approximate surface area is 242 Å². The zero-order valence-corrected chi connectivity index (χ0v) is 24.1. The third-order valence-corrected chi connectivity index (χ3v) is 8.56. The molecule has 0 aliphatic heterocycles. The number of carbonyl (C=O) groups excluding carboxylic acids is 2. The highest BCUT2D eigenvalue weighted by molar-refractivity contribution is 7.92. The molecule has 13 heteroatoms. The number of amides is 2. The van der Waals surface area contributed by atoms with E-state index in [-0.39, 0.29) is 34.3 Å². The minimum absolute atomic E-state index is 0.0448. The number of hydrogen-bond acceptors (Lipinski definition) is 6. The van der Waals surface area contributed by atoms with E-state index in [4.69, 9.17) is 23.2 Å². The quantitative estimate of drug-likeness (QED) is 0.227. The molecule has 0 aliphatic rings. The van der Waals surface area contributed by atoms with Gasteiger partial charge < -0.3 is 10.2 Å². The normalized spacial score (nSPS) is 11.9. The summed E-state index contributed by atoms with van der Waals surface area (Å²) in [5.41, 5.74) is 0.386. The van der Waals surface area contributed by atoms with Crippen LogP contribution >= 0.6 is 23.2 Å². The third kappa shape index (κ3) is 7.29. The number of nitro benzene ring substituents is 1. The van der Waals surface area contributed by atoms with Crippen LogP contribution in [0, 0.1) is 10.1 Å². The molecule has 212 valence electrons. The Balaban J connectivity index is 2.08. The molecular weight excluding hydrogens is 579 g/mol. The van der Waals surface area contributed by atoms with E-state index in [0.717, 1.165) is 16.4 Å². The lowest BCUT2D eigenvalue weighted by molar-refractivity contribution is -0.384. The first-order valence-corrected chi connectivity index (χ1v) is 14.5. The fourth-order valence-electron chi connectivity index (χ4n) is 4.04. The number of halogens is 2. The molecule has 0 heterocycles. The lowest BCUT2D eigenvalue weighted by Crippen LogP contribution is -2.52. The van der Waals surface area contributed by atoms with Crippen molar-refractivity contribution in [3.63, 3.8) is 0 Å². The molecule has 0 bridgehead atoms. The van der Waals surface area contributed by atoms with Crippen molar-refractivity contribution in [1.29, 1.82) is 0 Å². The Morgan fingerprint density at radius 1 is 0.975 bits per heavy atom. The number of nitrogens with zero attached hydrogens (tertiary/aromatic N) is 3. The first-order chi connectivity index (χ1) is 19.0. The van der Waals surface area contributed by atoms with E-state index in [1.807, 2.05) is 0 Å². The predicted octanol–water partition coefficient (Wildman–Crippen LogP) is 5.04. The first-order valence-electron chi connectivity index (χ1n) is 12.3. The fourth-order valence-corrected chi connectivity index (χ4v) is 5.79. The van der Waals surface area contributed by atoms with Crippen molar-refractivity contribution in [2.45, 2.75) is 37.8 Å². The number of anilines is 1. The lowest BCUT2D eigenvalue weighted by Gasteiger charge is -2.33. The summed E-state index contributed by atoms with van der Waals surface area (Å²) in [5, 5.41) is 14.5. The van der Waals surface area contributed by atoms with Gasteiger partial charge in [0.25, 0.3) is 15.7 Å². The second-order valence-corrected chi connectivity index (χ2v) is 11.4. The Bertz CT molecular complexity index is 1470. The van der Waals surface area contributed by atoms with Crippen LogP contribution < -0.4 is 9.62 Å². The van der Waals surface area contributed by atoms with Crippen molar-refractivity contribution >= 4 is 56.4 Å². The number of nitro groups is 1. The van der Waals surface area contributed by atoms with E-state index >= 15 is 0 Å². The van der Waals surface area contributed by atoms with Crippen LogP contribution in [-0.2, 0) is 26.2 Å². The van der Waals surface area contributed by atoms with Gasteiger partial charge in [-0.1, -0.05) is 54.4 Å². The van der Waals surface area contributed by atoms with Crippen LogP contribution in [0.4, 0.5) is 11.4 Å². The molecule has 1 atom stereocenters. The minimum Gasteiger partial charge on any atom is -0.355 e. The van der Waals surface area contributed by atoms with Crippen LogP contribution in [-0.4, -0.2) is 49.2 Å². The van der Waals surface area contributed by atoms with Gasteiger partial charge >= 0.3 is 0 Å². The second-order valence-electron chi connectivity index (χ2n) is 8.69. The number of non-ortho nitro benzene ring substituents is 1. The van der Waals surface area contributed by atoms with Gasteiger partial charge in [-0.15, -0.1) is 0 Å². The topological polar surface area (TPSA) is 130 Å². The number of likely N-dealkylation sites (N-methyl/N-ethyl adjacent to an activating group) is 1. The summed E-state index contributed by atoms with van der Waals surface area (Å²) >= 11 is 12.2. The number of nitrogens with one attached hydrogen (secondary N) is 1. The summed E-state index contributed by atoms with van der Waals surface area (Å²) in [6.07, 6.45) is 0.252. The molecule has 40 heavy (non-hydrogen) atoms. The maximum Gasteiger partial charge on any atom is 0.269 e. The van der Waals surface area contributed by atoms with Gasteiger partial charge in [-0.3, -0.25) is 24.0 Å². The molecule has 3 aromatic rings. The Kier molecular flexibility index (Phi) is 10.5. The van der Waals surface area contributed by atoms with Gasteiger partial charge in [0, 0.05) is 25.2 Å². The van der Waals surface area contributed by atoms with E-state index in [1.54, 1.807) is 50.2 Å². The zero-order chi connectivity index (χ0) is 29.4. The number of rotatable bonds is 12. The molecule has 10 nitrogen and oxygen atoms in total. The molecule has 0 fully saturated rings. The Morgan fingerprint density at radius 3 is 2.17 bits per heavy atom. The molecular formula is C27H28Cl2N4O6S. The van der Waals surface area contributed by atoms with Crippen LogP contribution in [0.5, 0.6) is 0 Å². The van der Waals surface area contributed by atoms with Crippen LogP contribution in [0.15, 0.2) is 77.7 Å². The van der Waals surface area contributed by atoms with Crippen molar-refractivity contribution in [3.8, 4) is 0 Å². The van der Waals surface area contributed by atoms with Gasteiger partial charge in [-0.2, -0.15) is 0 Å². The fraction of sp³-hybridized carbons (Fsp3) is 0.259. The number of benzene rings is 3. The maximum absolute atomic E-state index is 13.9. The first kappa shape index (κ1) is 30.9. The van der Waals surface area contributed by atoms with Gasteiger partial charge in [0.05, 0.1) is 25.6 Å². The van der Waals surface area contributed by atoms with E-state index in [2.05, 4.69) is 5.32 Å². The summed E-state index contributed by atoms with van der Waals surface area (Å²) < 4.78 is 28.3. The van der Waals surface area contributed by atoms with Gasteiger partial charge in [0.15, 0.2) is 0 Å². The summed E-state index contributed by atoms with van der Waals surface area (Å²) in [6.45, 7) is 3.10. The maximum atomic E-state index is 13.9. The molecule has 0 saturated heterocycles. The van der Waals surface area contributed by atoms with E-state index in [0.29, 0.717) is 17.1 Å². The molecule has 0 saturated carbocycles. The molecule has 0 spiro atoms. The largest absolute Gasteiger partial charge is 0.355 e. The highest BCUT2D eigenvalue weighted by Gasteiger charge is 2.33. The smallest absolute Gasteiger partial charge is 0.269 e. The van der Waals surface area contributed by atoms with E-state index < -0.39 is 39.3 Å². The molecule has 0 radical (unpaired) electrons. The Hall–Kier alpha value is -3.67. The number of hydrogen-bond donors (Lipinski definition) is 1. The van der Waals surface area contributed by atoms with Crippen LogP contribution in [0.3, 0.4) is 0 Å². The predicted molar refractivity (Wildman–Crippen MR) is 154 cm³/mol. The average Bonchev–Trinajstić information content (AvgIpc) is 2.94. The Morgan fingerprint density at radius 2 is 1.62 bits per heavy atom. The van der Waals surface area contributed by atoms with Crippen molar-refractivity contribution in [2.75, 3.05) is 17.4 Å². The van der Waals surface area contributed by atoms with Gasteiger partial charge in [-0.05, 0) is 55.3 Å². The number of carbonyl (C=O) groups is 2. The van der Waals surface area contributed by atoms with E-state index in [9.17, 15) is 28.1 Å². The van der Waals surface area contributed by atoms with Crippen molar-refractivity contribution in [3.05, 3.63) is 98.5 Å². The molecule has 3 rings (SSSR count). The molecule has 3 aromatic carbocycles. The van der Waals surface area contributed by atoms with Crippen LogP contribution in [0.25, 0.3) is 0 Å². The zero-order valence-electron chi connectivity index (χ0n) is 21.8. The van der Waals surface area contributed by atoms with Crippen molar-refractivity contribution < 1.29 is 22.9 Å². The number of sulfonamides is 1. The lowest BCUT2D eigenvalue weighted by atomic mass is 10.1. The summed E-state index contributed by atoms with van der Waals surface area (Å²) in [5.74, 6) is -1.06. The molecule has 2 amide bonds. The molecule has 0 aliphatic carbocycles. The summed E-state index contributed by atoms with van der Waals surface area (Å²) in [7, 11) is -4.29. The minimum atomic E-state index is -4.29. The van der Waals surface area contributed by atoms with E-state index in [1.165, 1.54) is 29.2 Å². The molecule has 1 N–H and O–H groups in total. The second kappa shape index (κ2) is 13.6. The summed E-state index contributed by atoms with van der Waals surface area (Å²) in [4.78, 5) is 38.7. The van der Waals surface area contributed by atoms with Gasteiger partial charge in [0.1, 0.15) is 12.6 Å². The standard InChI is InChI=1S/C27H28Cl2N4O6S/c1-3-25(27(35)30-4-2)31(17-19-10-15-23(28)24(29)16-19)26(34)18-32(20-11-13-21(14-12-20)33(36)37)40(38,39)22-8-6-5-7-9-22/h5-16,25H,3-4,17-18H2,1-2H3,(H,30,35). The molecule has 1 unspecified atom stereocenters. The third-order valence-electron chi connectivity index (χ3n) is 6.03. The van der Waals surface area contributed by atoms with Crippen molar-refractivity contribution in [1.82, 2.24) is 10.2 Å². The van der Waals surface area contributed by atoms with Gasteiger partial charge in [-0.25, -0.2) is 8.42 Å². The summed E-state index contributed by atoms with van der Waals surface area (Å²) in [6, 6.07) is 16.2. The highest BCUT2D eigenvalue weighted by atomic mass is 35.5. The van der Waals surface area contributed by atoms with Gasteiger partial charge in [0.2, 0.25) is 11.8 Å². The van der Waals surface area contributed by atoms with Crippen LogP contribution in [0.2, 0.25) is 10.0 Å². The molecule has 0 aromatic heterocycles. The average molecular weight is 608 g/mol. The van der Waals surface area contributed by atoms with Crippen LogP contribution in [0.1, 0.15) is 25.8 Å². The van der Waals surface area contributed by atoms with Crippen molar-refractivity contribution in [2.24, 2.45) is 0 Å². The monoisotopic (exact) mass is 606 g/mol. The SMILES string of the molecule is CCNC(=O)C(CC)N(Cc1ccc(Cl)c(Cl)c1)C(=O)CN(c1ccc([N+](=O)[O-])cc1)S(=O)(=O)c1ccccc1.